The molecule has 0 spiro atoms. The Morgan fingerprint density at radius 3 is 2.71 bits per heavy atom. The molecule has 2 aromatic rings. The first-order valence-corrected chi connectivity index (χ1v) is 15.1. The largest absolute Gasteiger partial charge is 0.478 e. The molecule has 2 unspecified atom stereocenters. The molecule has 7 N–H and O–H groups in total. The third-order valence-corrected chi connectivity index (χ3v) is 9.17. The van der Waals surface area contributed by atoms with Crippen LogP contribution >= 0.6 is 11.3 Å². The Hall–Kier alpha value is -3.27. The van der Waals surface area contributed by atoms with Crippen LogP contribution in [0.2, 0.25) is 0 Å². The summed E-state index contributed by atoms with van der Waals surface area (Å²) >= 11 is 1.03. The third-order valence-electron chi connectivity index (χ3n) is 7.48. The second kappa shape index (κ2) is 10.2. The number of nitrogens with two attached hydrogens (primary N) is 1. The number of thiazole rings is 1. The van der Waals surface area contributed by atoms with E-state index in [0.29, 0.717) is 18.3 Å². The minimum atomic E-state index is -4.71. The lowest BCUT2D eigenvalue weighted by Crippen LogP contribution is -2.95. The van der Waals surface area contributed by atoms with E-state index in [1.54, 1.807) is 0 Å². The molecular weight excluding hydrogens is 584 g/mol. The molecule has 1 amide bonds. The van der Waals surface area contributed by atoms with Crippen LogP contribution in [0.1, 0.15) is 37.1 Å². The fourth-order valence-corrected chi connectivity index (χ4v) is 6.62. The molecule has 7 rings (SSSR count). The van der Waals surface area contributed by atoms with E-state index in [0.717, 1.165) is 41.6 Å². The number of carboxylic acids is 1. The number of aromatic nitrogens is 4. The van der Waals surface area contributed by atoms with E-state index in [2.05, 4.69) is 36.3 Å². The zero-order valence-corrected chi connectivity index (χ0v) is 23.1. The number of amides is 1. The van der Waals surface area contributed by atoms with E-state index in [1.165, 1.54) is 16.4 Å². The smallest absolute Gasteiger partial charge is 0.350 e. The summed E-state index contributed by atoms with van der Waals surface area (Å²) in [5.41, 5.74) is 2.78. The molecule has 5 fully saturated rings. The second-order valence-electron chi connectivity index (χ2n) is 10.3. The van der Waals surface area contributed by atoms with Gasteiger partial charge in [-0.05, 0) is 25.9 Å². The molecule has 0 aromatic carbocycles. The lowest BCUT2D eigenvalue weighted by molar-refractivity contribution is -0.449. The first-order valence-electron chi connectivity index (χ1n) is 12.8. The number of carbonyl (C=O) groups is 2. The fourth-order valence-electron chi connectivity index (χ4n) is 5.04. The van der Waals surface area contributed by atoms with Gasteiger partial charge < -0.3 is 36.4 Å². The highest BCUT2D eigenvalue weighted by molar-refractivity contribution is 7.83. The molecule has 1 aliphatic carbocycles. The number of anilines is 1. The van der Waals surface area contributed by atoms with Gasteiger partial charge in [0.1, 0.15) is 18.3 Å². The first-order chi connectivity index (χ1) is 19.5. The van der Waals surface area contributed by atoms with Crippen molar-refractivity contribution in [1.29, 1.82) is 0 Å². The molecule has 2 aromatic heterocycles. The van der Waals surface area contributed by atoms with Crippen molar-refractivity contribution in [2.24, 2.45) is 5.16 Å². The SMILES string of the molecule is Nc1nc(/C(=N/OC2(C(=O)O)CC2)C(=O)N[C@H]2C3OC2(Cn2ncc(CNC4CCNCC4)n2)N3S(=O)(=O)O)cs1. The topological polar surface area (TPSA) is 249 Å². The first kappa shape index (κ1) is 27.9. The molecular formula is C21H28N10O8S2. The average molecular weight is 613 g/mol. The van der Waals surface area contributed by atoms with Gasteiger partial charge in [-0.1, -0.05) is 5.16 Å². The summed E-state index contributed by atoms with van der Waals surface area (Å²) in [5, 5.41) is 32.7. The van der Waals surface area contributed by atoms with Crippen molar-refractivity contribution >= 4 is 44.4 Å². The van der Waals surface area contributed by atoms with Crippen molar-refractivity contribution in [2.45, 2.75) is 68.4 Å². The zero-order chi connectivity index (χ0) is 29.0. The van der Waals surface area contributed by atoms with Crippen LogP contribution in [0.25, 0.3) is 0 Å². The van der Waals surface area contributed by atoms with Crippen LogP contribution in [-0.4, -0.2) is 103 Å². The highest BCUT2D eigenvalue weighted by Crippen LogP contribution is 2.54. The summed E-state index contributed by atoms with van der Waals surface area (Å²) in [6, 6.07) is -0.593. The van der Waals surface area contributed by atoms with Gasteiger partial charge in [0.05, 0.1) is 11.9 Å². The van der Waals surface area contributed by atoms with Crippen molar-refractivity contribution in [3.05, 3.63) is 23.0 Å². The van der Waals surface area contributed by atoms with Gasteiger partial charge in [0, 0.05) is 30.8 Å². The summed E-state index contributed by atoms with van der Waals surface area (Å²) in [7, 11) is -4.71. The van der Waals surface area contributed by atoms with Crippen LogP contribution in [0.4, 0.5) is 5.13 Å². The molecule has 6 heterocycles. The van der Waals surface area contributed by atoms with Gasteiger partial charge >= 0.3 is 16.3 Å². The van der Waals surface area contributed by atoms with Gasteiger partial charge in [-0.2, -0.15) is 23.4 Å². The number of carbonyl (C=O) groups excluding carboxylic acids is 1. The molecule has 3 atom stereocenters. The number of hydrogen-bond donors (Lipinski definition) is 6. The normalized spacial score (nSPS) is 27.5. The van der Waals surface area contributed by atoms with Crippen molar-refractivity contribution in [2.75, 3.05) is 18.8 Å². The lowest BCUT2D eigenvalue weighted by Gasteiger charge is -2.70. The molecule has 18 nitrogen and oxygen atoms in total. The predicted octanol–water partition coefficient (Wildman–Crippen LogP) is -2.15. The van der Waals surface area contributed by atoms with E-state index in [-0.39, 0.29) is 35.9 Å². The van der Waals surface area contributed by atoms with E-state index in [9.17, 15) is 27.7 Å². The number of ether oxygens (including phenoxy) is 1. The summed E-state index contributed by atoms with van der Waals surface area (Å²) < 4.78 is 40.4. The summed E-state index contributed by atoms with van der Waals surface area (Å²) in [6.07, 6.45) is 2.75. The Kier molecular flexibility index (Phi) is 6.95. The number of piperidine rings is 1. The Bertz CT molecular complexity index is 1480. The average Bonchev–Trinajstić information content (AvgIpc) is 3.37. The number of aliphatic carboxylic acids is 1. The number of carboxylic acid groups (broad SMARTS) is 1. The van der Waals surface area contributed by atoms with Gasteiger partial charge in [-0.25, -0.2) is 9.78 Å². The van der Waals surface area contributed by atoms with Gasteiger partial charge in [0.25, 0.3) is 5.91 Å². The van der Waals surface area contributed by atoms with Crippen molar-refractivity contribution in [1.82, 2.24) is 40.2 Å². The zero-order valence-electron chi connectivity index (χ0n) is 21.5. The van der Waals surface area contributed by atoms with E-state index < -0.39 is 45.8 Å². The maximum Gasteiger partial charge on any atom is 0.350 e. The van der Waals surface area contributed by atoms with Gasteiger partial charge in [0.2, 0.25) is 5.60 Å². The quantitative estimate of drug-likeness (QED) is 0.0850. The molecule has 20 heteroatoms. The maximum absolute atomic E-state index is 13.3. The number of rotatable bonds is 12. The van der Waals surface area contributed by atoms with E-state index in [4.69, 9.17) is 15.3 Å². The number of oxime groups is 1. The Morgan fingerprint density at radius 2 is 2.10 bits per heavy atom. The van der Waals surface area contributed by atoms with Crippen LogP contribution < -0.4 is 21.7 Å². The monoisotopic (exact) mass is 612 g/mol. The summed E-state index contributed by atoms with van der Waals surface area (Å²) in [4.78, 5) is 35.3. The predicted molar refractivity (Wildman–Crippen MR) is 139 cm³/mol. The number of nitrogens with one attached hydrogen (secondary N) is 3. The minimum Gasteiger partial charge on any atom is -0.478 e. The van der Waals surface area contributed by atoms with Crippen LogP contribution in [0.3, 0.4) is 0 Å². The Labute approximate surface area is 237 Å². The lowest BCUT2D eigenvalue weighted by atomic mass is 9.84. The Morgan fingerprint density at radius 1 is 1.34 bits per heavy atom. The highest BCUT2D eigenvalue weighted by Gasteiger charge is 2.79. The number of nitrogens with zero attached hydrogens (tertiary/aromatic N) is 6. The van der Waals surface area contributed by atoms with E-state index >= 15 is 0 Å². The molecule has 1 saturated carbocycles. The molecule has 4 saturated heterocycles. The maximum atomic E-state index is 13.3. The van der Waals surface area contributed by atoms with Crippen LogP contribution in [0.15, 0.2) is 16.7 Å². The minimum absolute atomic E-state index is 0.0421. The third kappa shape index (κ3) is 5.15. The standard InChI is InChI=1S/C21H28N10O8S2/c22-19-26-13(9-40-19)14(29-39-20(3-4-20)18(33)34)16(32)27-15-17-31(41(35,36)37)21(15,38-17)10-30-25-8-12(28-30)7-24-11-1-5-23-6-2-11/h8-9,11,15,17,23-24H,1-7,10H2,(H2,22,26)(H,27,32)(H,33,34)(H,35,36,37)/b29-14-/t15-,17?,21?/m0/s1. The molecule has 2 bridgehead atoms. The van der Waals surface area contributed by atoms with Crippen LogP contribution in [0.5, 0.6) is 0 Å². The second-order valence-corrected chi connectivity index (χ2v) is 12.4. The van der Waals surface area contributed by atoms with Gasteiger partial charge in [0.15, 0.2) is 22.8 Å². The van der Waals surface area contributed by atoms with Gasteiger partial charge in [-0.15, -0.1) is 15.6 Å². The number of hydrogen-bond acceptors (Lipinski definition) is 14. The van der Waals surface area contributed by atoms with Crippen LogP contribution in [0, 0.1) is 0 Å². The van der Waals surface area contributed by atoms with E-state index in [1.807, 2.05) is 0 Å². The van der Waals surface area contributed by atoms with Crippen molar-refractivity contribution in [3.8, 4) is 0 Å². The number of nitrogen functional groups attached to an aromatic ring is 1. The molecule has 5 aliphatic rings. The van der Waals surface area contributed by atoms with Crippen molar-refractivity contribution < 1.29 is 37.2 Å². The molecule has 222 valence electrons. The van der Waals surface area contributed by atoms with Crippen LogP contribution in [-0.2, 0) is 42.6 Å². The van der Waals surface area contributed by atoms with Crippen molar-refractivity contribution in [3.63, 3.8) is 0 Å². The molecule has 0 radical (unpaired) electrons. The summed E-state index contributed by atoms with van der Waals surface area (Å²) in [5.74, 6) is -2.05. The Balaban J connectivity index is 1.18. The molecule has 41 heavy (non-hydrogen) atoms. The highest BCUT2D eigenvalue weighted by atomic mass is 32.2. The molecule has 4 aliphatic heterocycles. The fraction of sp³-hybridized carbons (Fsp3) is 0.619. The summed E-state index contributed by atoms with van der Waals surface area (Å²) in [6.45, 7) is 2.08. The van der Waals surface area contributed by atoms with Gasteiger partial charge in [-0.3, -0.25) is 9.35 Å².